The fraction of sp³-hybridized carbons (Fsp3) is 0.200. The number of hydrogen-bond acceptors (Lipinski definition) is 6. The summed E-state index contributed by atoms with van der Waals surface area (Å²) in [5.74, 6) is 1.43. The first-order valence-corrected chi connectivity index (χ1v) is 9.62. The first-order chi connectivity index (χ1) is 14.2. The number of hydrogen-bond donors (Lipinski definition) is 0. The van der Waals surface area contributed by atoms with Crippen molar-refractivity contribution in [1.29, 1.82) is 0 Å². The monoisotopic (exact) mass is 407 g/mol. The van der Waals surface area contributed by atoms with E-state index >= 15 is 0 Å². The average molecular weight is 408 g/mol. The lowest BCUT2D eigenvalue weighted by Gasteiger charge is -2.30. The molecule has 3 aromatic heterocycles. The summed E-state index contributed by atoms with van der Waals surface area (Å²) in [5, 5.41) is 4.65. The van der Waals surface area contributed by atoms with Crippen molar-refractivity contribution in [3.8, 4) is 17.2 Å². The van der Waals surface area contributed by atoms with Crippen molar-refractivity contribution in [3.05, 3.63) is 65.3 Å². The predicted octanol–water partition coefficient (Wildman–Crippen LogP) is 4.21. The quantitative estimate of drug-likeness (QED) is 0.505. The van der Waals surface area contributed by atoms with Crippen LogP contribution in [0.1, 0.15) is 40.9 Å². The van der Waals surface area contributed by atoms with E-state index in [4.69, 9.17) is 20.5 Å². The maximum Gasteiger partial charge on any atom is 0.294 e. The summed E-state index contributed by atoms with van der Waals surface area (Å²) in [6.07, 6.45) is 5.33. The molecule has 0 spiro atoms. The van der Waals surface area contributed by atoms with E-state index in [-0.39, 0.29) is 18.2 Å². The lowest BCUT2D eigenvalue weighted by atomic mass is 10.1. The van der Waals surface area contributed by atoms with Crippen LogP contribution in [-0.4, -0.2) is 25.6 Å². The Morgan fingerprint density at radius 1 is 1.21 bits per heavy atom. The lowest BCUT2D eigenvalue weighted by Crippen LogP contribution is -2.35. The smallest absolute Gasteiger partial charge is 0.294 e. The van der Waals surface area contributed by atoms with Crippen molar-refractivity contribution in [1.82, 2.24) is 19.7 Å². The van der Waals surface area contributed by atoms with Crippen LogP contribution in [-0.2, 0) is 6.54 Å². The zero-order valence-corrected chi connectivity index (χ0v) is 15.8. The van der Waals surface area contributed by atoms with Gasteiger partial charge in [0.2, 0.25) is 11.7 Å². The number of halogens is 1. The van der Waals surface area contributed by atoms with Crippen LogP contribution < -0.4 is 4.90 Å². The highest BCUT2D eigenvalue weighted by Gasteiger charge is 2.34. The lowest BCUT2D eigenvalue weighted by molar-refractivity contribution is 0.0957. The van der Waals surface area contributed by atoms with Crippen LogP contribution in [0.2, 0.25) is 5.02 Å². The SMILES string of the molecule is O=C(c1ccco1)N1Cc2c(-c3noc(C4CC4)n3)ncn2-c2ccc(Cl)cc21. The molecule has 9 heteroatoms. The Labute approximate surface area is 169 Å². The van der Waals surface area contributed by atoms with Gasteiger partial charge in [0.1, 0.15) is 12.0 Å². The van der Waals surface area contributed by atoms with E-state index in [0.717, 1.165) is 24.2 Å². The van der Waals surface area contributed by atoms with Crippen molar-refractivity contribution < 1.29 is 13.7 Å². The van der Waals surface area contributed by atoms with E-state index in [1.54, 1.807) is 35.5 Å². The number of nitrogens with zero attached hydrogens (tertiary/aromatic N) is 5. The minimum Gasteiger partial charge on any atom is -0.459 e. The number of carbonyl (C=O) groups is 1. The molecule has 1 amide bonds. The first-order valence-electron chi connectivity index (χ1n) is 9.24. The van der Waals surface area contributed by atoms with E-state index < -0.39 is 0 Å². The minimum atomic E-state index is -0.260. The van der Waals surface area contributed by atoms with Crippen LogP contribution in [0.4, 0.5) is 5.69 Å². The van der Waals surface area contributed by atoms with E-state index in [0.29, 0.717) is 34.0 Å². The predicted molar refractivity (Wildman–Crippen MR) is 103 cm³/mol. The van der Waals surface area contributed by atoms with Gasteiger partial charge in [-0.3, -0.25) is 14.3 Å². The van der Waals surface area contributed by atoms with Gasteiger partial charge in [0, 0.05) is 10.9 Å². The third-order valence-electron chi connectivity index (χ3n) is 5.22. The molecular formula is C20H14ClN5O3. The molecule has 4 aromatic rings. The molecule has 29 heavy (non-hydrogen) atoms. The zero-order valence-electron chi connectivity index (χ0n) is 15.1. The molecule has 8 nitrogen and oxygen atoms in total. The molecule has 4 heterocycles. The van der Waals surface area contributed by atoms with Crippen molar-refractivity contribution >= 4 is 23.2 Å². The molecule has 0 saturated heterocycles. The maximum absolute atomic E-state index is 13.1. The number of fused-ring (bicyclic) bond motifs is 3. The fourth-order valence-corrected chi connectivity index (χ4v) is 3.78. The van der Waals surface area contributed by atoms with Gasteiger partial charge >= 0.3 is 0 Å². The topological polar surface area (TPSA) is 90.2 Å². The Bertz CT molecular complexity index is 1240. The molecular weight excluding hydrogens is 394 g/mol. The average Bonchev–Trinajstić information content (AvgIpc) is 3.15. The zero-order chi connectivity index (χ0) is 19.5. The van der Waals surface area contributed by atoms with Crippen LogP contribution in [0.5, 0.6) is 0 Å². The first kappa shape index (κ1) is 16.6. The Morgan fingerprint density at radius 3 is 2.90 bits per heavy atom. The molecule has 2 aliphatic rings. The fourth-order valence-electron chi connectivity index (χ4n) is 3.61. The summed E-state index contributed by atoms with van der Waals surface area (Å²) in [6.45, 7) is 0.273. The maximum atomic E-state index is 13.1. The summed E-state index contributed by atoms with van der Waals surface area (Å²) in [7, 11) is 0. The van der Waals surface area contributed by atoms with Gasteiger partial charge in [-0.25, -0.2) is 4.98 Å². The second kappa shape index (κ2) is 6.05. The van der Waals surface area contributed by atoms with Gasteiger partial charge < -0.3 is 8.94 Å². The number of imidazole rings is 1. The van der Waals surface area contributed by atoms with Gasteiger partial charge in [-0.05, 0) is 43.2 Å². The summed E-state index contributed by atoms with van der Waals surface area (Å²) >= 11 is 6.22. The minimum absolute atomic E-state index is 0.251. The number of benzene rings is 1. The van der Waals surface area contributed by atoms with Crippen molar-refractivity contribution in [3.63, 3.8) is 0 Å². The van der Waals surface area contributed by atoms with Gasteiger partial charge in [-0.15, -0.1) is 0 Å². The van der Waals surface area contributed by atoms with Crippen molar-refractivity contribution in [2.24, 2.45) is 0 Å². The Kier molecular flexibility index (Phi) is 3.45. The van der Waals surface area contributed by atoms with Gasteiger partial charge in [0.05, 0.1) is 29.9 Å². The molecule has 1 aliphatic carbocycles. The molecule has 1 saturated carbocycles. The summed E-state index contributed by atoms with van der Waals surface area (Å²) < 4.78 is 12.7. The number of anilines is 1. The largest absolute Gasteiger partial charge is 0.459 e. The Balaban J connectivity index is 1.48. The summed E-state index contributed by atoms with van der Waals surface area (Å²) in [5.41, 5.74) is 2.86. The van der Waals surface area contributed by atoms with Gasteiger partial charge in [0.25, 0.3) is 5.91 Å². The normalized spacial score (nSPS) is 15.3. The van der Waals surface area contributed by atoms with Gasteiger partial charge in [-0.1, -0.05) is 16.8 Å². The Morgan fingerprint density at radius 2 is 2.10 bits per heavy atom. The molecule has 0 unspecified atom stereocenters. The summed E-state index contributed by atoms with van der Waals surface area (Å²) in [6, 6.07) is 8.73. The van der Waals surface area contributed by atoms with Crippen LogP contribution in [0.15, 0.2) is 51.9 Å². The van der Waals surface area contributed by atoms with Crippen LogP contribution >= 0.6 is 11.6 Å². The van der Waals surface area contributed by atoms with E-state index in [2.05, 4.69) is 15.1 Å². The third kappa shape index (κ3) is 2.60. The molecule has 0 bridgehead atoms. The molecule has 1 fully saturated rings. The highest BCUT2D eigenvalue weighted by molar-refractivity contribution is 6.31. The number of amides is 1. The number of aromatic nitrogens is 4. The number of furan rings is 1. The standard InChI is InChI=1S/C20H14ClN5O3/c21-12-5-6-13-14(8-12)25(20(27)16-2-1-7-28-16)9-15-17(22-10-26(13)15)18-23-19(29-24-18)11-3-4-11/h1-2,5-8,10-11H,3-4,9H2. The van der Waals surface area contributed by atoms with Crippen molar-refractivity contribution in [2.75, 3.05) is 4.90 Å². The molecule has 0 radical (unpaired) electrons. The molecule has 0 atom stereocenters. The van der Waals surface area contributed by atoms with E-state index in [9.17, 15) is 4.79 Å². The Hall–Kier alpha value is -3.39. The molecule has 0 N–H and O–H groups in total. The summed E-state index contributed by atoms with van der Waals surface area (Å²) in [4.78, 5) is 23.8. The molecule has 6 rings (SSSR count). The number of carbonyl (C=O) groups excluding carboxylic acids is 1. The van der Waals surface area contributed by atoms with Gasteiger partial charge in [-0.2, -0.15) is 4.98 Å². The second-order valence-electron chi connectivity index (χ2n) is 7.14. The molecule has 144 valence electrons. The van der Waals surface area contributed by atoms with Crippen LogP contribution in [0, 0.1) is 0 Å². The van der Waals surface area contributed by atoms with Gasteiger partial charge in [0.15, 0.2) is 5.76 Å². The third-order valence-corrected chi connectivity index (χ3v) is 5.45. The van der Waals surface area contributed by atoms with Crippen LogP contribution in [0.25, 0.3) is 17.2 Å². The second-order valence-corrected chi connectivity index (χ2v) is 7.58. The molecule has 1 aliphatic heterocycles. The molecule has 1 aromatic carbocycles. The van der Waals surface area contributed by atoms with Crippen molar-refractivity contribution in [2.45, 2.75) is 25.3 Å². The van der Waals surface area contributed by atoms with E-state index in [1.807, 2.05) is 10.6 Å². The highest BCUT2D eigenvalue weighted by atomic mass is 35.5. The van der Waals surface area contributed by atoms with Crippen LogP contribution in [0.3, 0.4) is 0 Å². The van der Waals surface area contributed by atoms with E-state index in [1.165, 1.54) is 6.26 Å². The highest BCUT2D eigenvalue weighted by Crippen LogP contribution is 2.41. The number of rotatable bonds is 3.